The predicted molar refractivity (Wildman–Crippen MR) is 147 cm³/mol. The fourth-order valence-corrected chi connectivity index (χ4v) is 5.24. The van der Waals surface area contributed by atoms with E-state index in [-0.39, 0.29) is 17.8 Å². The van der Waals surface area contributed by atoms with Gasteiger partial charge in [0.05, 0.1) is 12.1 Å². The highest BCUT2D eigenvalue weighted by molar-refractivity contribution is 5.56. The molecule has 0 saturated carbocycles. The van der Waals surface area contributed by atoms with Gasteiger partial charge in [-0.15, -0.1) is 0 Å². The molecule has 5 rings (SSSR count). The van der Waals surface area contributed by atoms with Crippen molar-refractivity contribution in [1.29, 1.82) is 0 Å². The molecular formula is C32H33FN2O3. The van der Waals surface area contributed by atoms with Crippen molar-refractivity contribution in [3.05, 3.63) is 131 Å². The molecule has 5 nitrogen and oxygen atoms in total. The zero-order chi connectivity index (χ0) is 26.5. The number of rotatable bonds is 10. The minimum absolute atomic E-state index is 0.138. The second kappa shape index (κ2) is 11.8. The Kier molecular flexibility index (Phi) is 8.03. The number of anilines is 1. The van der Waals surface area contributed by atoms with Crippen molar-refractivity contribution in [3.63, 3.8) is 0 Å². The average Bonchev–Trinajstić information content (AvgIpc) is 2.96. The number of hydrogen-bond acceptors (Lipinski definition) is 5. The molecule has 1 heterocycles. The van der Waals surface area contributed by atoms with Gasteiger partial charge in [0, 0.05) is 23.7 Å². The highest BCUT2D eigenvalue weighted by Gasteiger charge is 2.49. The van der Waals surface area contributed by atoms with Gasteiger partial charge in [-0.25, -0.2) is 4.39 Å². The van der Waals surface area contributed by atoms with Crippen LogP contribution in [0.15, 0.2) is 103 Å². The first-order chi connectivity index (χ1) is 18.5. The maximum absolute atomic E-state index is 13.3. The summed E-state index contributed by atoms with van der Waals surface area (Å²) in [7, 11) is 0. The normalized spacial score (nSPS) is 19.6. The first-order valence-corrected chi connectivity index (χ1v) is 13.0. The molecule has 4 atom stereocenters. The van der Waals surface area contributed by atoms with E-state index in [1.54, 1.807) is 12.1 Å². The lowest BCUT2D eigenvalue weighted by atomic mass is 9.77. The van der Waals surface area contributed by atoms with Gasteiger partial charge in [0.1, 0.15) is 24.4 Å². The lowest BCUT2D eigenvalue weighted by Gasteiger charge is -2.54. The third-order valence-electron chi connectivity index (χ3n) is 7.35. The zero-order valence-electron chi connectivity index (χ0n) is 21.2. The topological polar surface area (TPSA) is 79.0 Å². The van der Waals surface area contributed by atoms with Gasteiger partial charge in [-0.1, -0.05) is 72.8 Å². The van der Waals surface area contributed by atoms with Gasteiger partial charge in [-0.3, -0.25) is 0 Å². The van der Waals surface area contributed by atoms with Crippen molar-refractivity contribution >= 4 is 5.69 Å². The van der Waals surface area contributed by atoms with Gasteiger partial charge in [-0.05, 0) is 59.9 Å². The molecular weight excluding hydrogens is 479 g/mol. The van der Waals surface area contributed by atoms with Crippen LogP contribution in [0.3, 0.4) is 0 Å². The van der Waals surface area contributed by atoms with Crippen molar-refractivity contribution in [2.45, 2.75) is 44.4 Å². The molecule has 0 bridgehead atoms. The number of para-hydroxylation sites is 1. The molecule has 4 aromatic carbocycles. The van der Waals surface area contributed by atoms with Gasteiger partial charge >= 0.3 is 0 Å². The Bertz CT molecular complexity index is 1310. The number of halogens is 1. The zero-order valence-corrected chi connectivity index (χ0v) is 21.2. The highest BCUT2D eigenvalue weighted by atomic mass is 19.1. The molecule has 1 saturated heterocycles. The summed E-state index contributed by atoms with van der Waals surface area (Å²) in [5.41, 5.74) is 10.4. The van der Waals surface area contributed by atoms with Crippen LogP contribution in [0.25, 0.3) is 0 Å². The van der Waals surface area contributed by atoms with Crippen LogP contribution in [0.2, 0.25) is 0 Å². The van der Waals surface area contributed by atoms with Gasteiger partial charge in [-0.2, -0.15) is 0 Å². The first kappa shape index (κ1) is 25.9. The van der Waals surface area contributed by atoms with Gasteiger partial charge < -0.3 is 25.6 Å². The van der Waals surface area contributed by atoms with Crippen LogP contribution in [0.4, 0.5) is 10.1 Å². The number of hydrogen-bond donors (Lipinski definition) is 3. The molecule has 196 valence electrons. The quantitative estimate of drug-likeness (QED) is 0.248. The highest BCUT2D eigenvalue weighted by Crippen LogP contribution is 2.51. The van der Waals surface area contributed by atoms with Crippen LogP contribution >= 0.6 is 0 Å². The number of ether oxygens (including phenoxy) is 1. The fraction of sp³-hybridized carbons (Fsp3) is 0.250. The monoisotopic (exact) mass is 512 g/mol. The lowest BCUT2D eigenvalue weighted by Crippen LogP contribution is -2.58. The SMILES string of the molecule is NCc1ccc(N2C(O)[C@H](CCC(O)c3ccc(F)cc3)C2c2ccccc2OCc2ccccc2)cc1. The Morgan fingerprint density at radius 3 is 2.24 bits per heavy atom. The molecule has 38 heavy (non-hydrogen) atoms. The Morgan fingerprint density at radius 1 is 0.842 bits per heavy atom. The van der Waals surface area contributed by atoms with Gasteiger partial charge in [0.15, 0.2) is 0 Å². The number of aliphatic hydroxyl groups excluding tert-OH is 2. The summed E-state index contributed by atoms with van der Waals surface area (Å²) in [5.74, 6) is 0.292. The maximum Gasteiger partial charge on any atom is 0.132 e. The number of nitrogens with two attached hydrogens (primary N) is 1. The summed E-state index contributed by atoms with van der Waals surface area (Å²) in [6.45, 7) is 0.887. The predicted octanol–water partition coefficient (Wildman–Crippen LogP) is 5.87. The summed E-state index contributed by atoms with van der Waals surface area (Å²) < 4.78 is 19.6. The Balaban J connectivity index is 1.40. The van der Waals surface area contributed by atoms with Crippen molar-refractivity contribution in [3.8, 4) is 5.75 Å². The van der Waals surface area contributed by atoms with E-state index in [1.807, 2.05) is 83.8 Å². The summed E-state index contributed by atoms with van der Waals surface area (Å²) in [6.07, 6.45) is -0.455. The van der Waals surface area contributed by atoms with E-state index in [0.29, 0.717) is 31.6 Å². The van der Waals surface area contributed by atoms with E-state index >= 15 is 0 Å². The molecule has 1 fully saturated rings. The van der Waals surface area contributed by atoms with E-state index in [9.17, 15) is 14.6 Å². The number of benzene rings is 4. The molecule has 6 heteroatoms. The van der Waals surface area contributed by atoms with Crippen molar-refractivity contribution in [1.82, 2.24) is 0 Å². The second-order valence-corrected chi connectivity index (χ2v) is 9.76. The van der Waals surface area contributed by atoms with Crippen LogP contribution in [0.1, 0.15) is 47.2 Å². The Morgan fingerprint density at radius 2 is 1.53 bits per heavy atom. The third kappa shape index (κ3) is 5.58. The van der Waals surface area contributed by atoms with Crippen LogP contribution in [-0.2, 0) is 13.2 Å². The average molecular weight is 513 g/mol. The molecule has 3 unspecified atom stereocenters. The molecule has 1 aliphatic rings. The summed E-state index contributed by atoms with van der Waals surface area (Å²) in [4.78, 5) is 2.00. The molecule has 0 aliphatic carbocycles. The number of aliphatic hydroxyl groups is 2. The first-order valence-electron chi connectivity index (χ1n) is 13.0. The fourth-order valence-electron chi connectivity index (χ4n) is 5.24. The third-order valence-corrected chi connectivity index (χ3v) is 7.35. The van der Waals surface area contributed by atoms with Gasteiger partial charge in [0.2, 0.25) is 0 Å². The van der Waals surface area contributed by atoms with E-state index < -0.39 is 12.3 Å². The lowest BCUT2D eigenvalue weighted by molar-refractivity contribution is -0.00761. The summed E-state index contributed by atoms with van der Waals surface area (Å²) in [5, 5.41) is 22.1. The molecule has 0 spiro atoms. The van der Waals surface area contributed by atoms with Crippen LogP contribution in [0, 0.1) is 11.7 Å². The standard InChI is InChI=1S/C32H33FN2O3/c33-25-14-12-24(13-15-25)29(36)19-18-28-31(35(32(28)37)26-16-10-22(20-34)11-17-26)27-8-4-5-9-30(27)38-21-23-6-2-1-3-7-23/h1-17,28-29,31-32,36-37H,18-21,34H2/t28-,29?,31?,32?/m1/s1. The van der Waals surface area contributed by atoms with E-state index in [4.69, 9.17) is 10.5 Å². The molecule has 0 amide bonds. The Labute approximate surface area is 222 Å². The second-order valence-electron chi connectivity index (χ2n) is 9.76. The molecule has 0 radical (unpaired) electrons. The maximum atomic E-state index is 13.3. The minimum atomic E-state index is -0.745. The van der Waals surface area contributed by atoms with E-state index in [0.717, 1.165) is 28.1 Å². The Hall–Kier alpha value is -3.71. The molecule has 0 aromatic heterocycles. The van der Waals surface area contributed by atoms with Crippen LogP contribution in [-0.4, -0.2) is 16.4 Å². The smallest absolute Gasteiger partial charge is 0.132 e. The number of nitrogens with zero attached hydrogens (tertiary/aromatic N) is 1. The van der Waals surface area contributed by atoms with Crippen molar-refractivity contribution < 1.29 is 19.3 Å². The van der Waals surface area contributed by atoms with Crippen molar-refractivity contribution in [2.24, 2.45) is 11.7 Å². The molecule has 4 N–H and O–H groups in total. The molecule has 1 aliphatic heterocycles. The van der Waals surface area contributed by atoms with Crippen LogP contribution < -0.4 is 15.4 Å². The van der Waals surface area contributed by atoms with E-state index in [1.165, 1.54) is 12.1 Å². The summed E-state index contributed by atoms with van der Waals surface area (Å²) >= 11 is 0. The van der Waals surface area contributed by atoms with Crippen LogP contribution in [0.5, 0.6) is 5.75 Å². The van der Waals surface area contributed by atoms with Crippen molar-refractivity contribution in [2.75, 3.05) is 4.90 Å². The summed E-state index contributed by atoms with van der Waals surface area (Å²) in [6, 6.07) is 31.6. The largest absolute Gasteiger partial charge is 0.489 e. The molecule has 4 aromatic rings. The van der Waals surface area contributed by atoms with Gasteiger partial charge in [0.25, 0.3) is 0 Å². The van der Waals surface area contributed by atoms with E-state index in [2.05, 4.69) is 0 Å². The minimum Gasteiger partial charge on any atom is -0.489 e.